The number of nitrogens with one attached hydrogen (secondary N) is 2. The molecule has 61 heavy (non-hydrogen) atoms. The van der Waals surface area contributed by atoms with E-state index in [1.54, 1.807) is 0 Å². The molecule has 0 spiro atoms. The third-order valence-electron chi connectivity index (χ3n) is 11.1. The van der Waals surface area contributed by atoms with Gasteiger partial charge in [0.25, 0.3) is 0 Å². The van der Waals surface area contributed by atoms with Gasteiger partial charge in [-0.1, -0.05) is 0 Å². The zero-order valence-electron chi connectivity index (χ0n) is 33.0. The molecule has 2 amide bonds. The lowest BCUT2D eigenvalue weighted by Crippen LogP contribution is -2.70. The molecule has 5 rings (SSSR count). The summed E-state index contributed by atoms with van der Waals surface area (Å²) in [4.78, 5) is 24.5. The van der Waals surface area contributed by atoms with Crippen LogP contribution < -0.4 is 10.6 Å². The molecule has 0 aromatic rings. The van der Waals surface area contributed by atoms with E-state index in [1.165, 1.54) is 6.92 Å². The smallest absolute Gasteiger partial charge is 0.217 e. The SMILES string of the molecule is CC(=O)N[C@@H]1[C@@H](O)[C@H](O[C@@H]2O[C@H](CO)[C@@H](O[C@@H]3O[C@H](CO)[C@@H](O)[C@H](O[C@H]4O[C@H](CO)[C@@H](O)[C@H](O)[C@@H]4O)[C@@H]3O)[C@H](O)[C@H]2NC(C)=O)[C@@H](CO[C@@H]2O[C@@H](C)[C@@H](O)[C@@H](O)[C@@H]2O)O[C@H]1O. The van der Waals surface area contributed by atoms with Gasteiger partial charge in [0.2, 0.25) is 11.8 Å². The van der Waals surface area contributed by atoms with E-state index in [0.29, 0.717) is 0 Å². The van der Waals surface area contributed by atoms with Crippen LogP contribution in [0, 0.1) is 0 Å². The third-order valence-corrected chi connectivity index (χ3v) is 11.1. The van der Waals surface area contributed by atoms with Crippen LogP contribution in [0.15, 0.2) is 0 Å². The Morgan fingerprint density at radius 1 is 0.459 bits per heavy atom. The lowest BCUT2D eigenvalue weighted by atomic mass is 9.94. The van der Waals surface area contributed by atoms with Gasteiger partial charge in [0.05, 0.1) is 32.5 Å². The van der Waals surface area contributed by atoms with Gasteiger partial charge >= 0.3 is 0 Å². The summed E-state index contributed by atoms with van der Waals surface area (Å²) in [6.45, 7) is 0.0652. The van der Waals surface area contributed by atoms with E-state index in [0.717, 1.165) is 13.8 Å². The van der Waals surface area contributed by atoms with Crippen molar-refractivity contribution in [2.75, 3.05) is 26.4 Å². The van der Waals surface area contributed by atoms with Gasteiger partial charge in [0.1, 0.15) is 116 Å². The molecule has 5 saturated heterocycles. The molecule has 354 valence electrons. The van der Waals surface area contributed by atoms with E-state index >= 15 is 0 Å². The normalized spacial score (nSPS) is 49.6. The second kappa shape index (κ2) is 21.3. The molecule has 0 aliphatic carbocycles. The first kappa shape index (κ1) is 50.0. The molecule has 27 nitrogen and oxygen atoms in total. The van der Waals surface area contributed by atoms with Crippen molar-refractivity contribution in [1.82, 2.24) is 10.6 Å². The van der Waals surface area contributed by atoms with Crippen molar-refractivity contribution in [3.63, 3.8) is 0 Å². The van der Waals surface area contributed by atoms with Crippen LogP contribution in [0.25, 0.3) is 0 Å². The Labute approximate surface area is 346 Å². The van der Waals surface area contributed by atoms with Gasteiger partial charge in [0.15, 0.2) is 31.5 Å². The molecule has 27 heteroatoms. The van der Waals surface area contributed by atoms with Crippen LogP contribution in [0.5, 0.6) is 0 Å². The zero-order valence-corrected chi connectivity index (χ0v) is 33.0. The number of carbonyl (C=O) groups is 2. The number of carbonyl (C=O) groups excluding carboxylic acids is 2. The second-order valence-corrected chi connectivity index (χ2v) is 15.4. The fourth-order valence-electron chi connectivity index (χ4n) is 7.68. The summed E-state index contributed by atoms with van der Waals surface area (Å²) in [7, 11) is 0. The molecular weight excluding hydrogens is 836 g/mol. The minimum absolute atomic E-state index is 0.681. The summed E-state index contributed by atoms with van der Waals surface area (Å²) in [6.07, 6.45) is -40.3. The number of rotatable bonds is 14. The first-order valence-electron chi connectivity index (χ1n) is 19.4. The molecule has 0 radical (unpaired) electrons. The fraction of sp³-hybridized carbons (Fsp3) is 0.941. The minimum Gasteiger partial charge on any atom is -0.394 e. The predicted molar refractivity (Wildman–Crippen MR) is 188 cm³/mol. The van der Waals surface area contributed by atoms with Crippen molar-refractivity contribution in [3.8, 4) is 0 Å². The Bertz CT molecular complexity index is 1420. The number of hydrogen-bond acceptors (Lipinski definition) is 25. The summed E-state index contributed by atoms with van der Waals surface area (Å²) in [5.41, 5.74) is 0. The summed E-state index contributed by atoms with van der Waals surface area (Å²) in [5.74, 6) is -1.51. The van der Waals surface area contributed by atoms with Crippen LogP contribution in [0.4, 0.5) is 0 Å². The van der Waals surface area contributed by atoms with E-state index in [2.05, 4.69) is 10.6 Å². The van der Waals surface area contributed by atoms with Gasteiger partial charge in [-0.15, -0.1) is 0 Å². The lowest BCUT2D eigenvalue weighted by molar-refractivity contribution is -0.380. The fourth-order valence-corrected chi connectivity index (χ4v) is 7.68. The molecule has 0 bridgehead atoms. The summed E-state index contributed by atoms with van der Waals surface area (Å²) < 4.78 is 51.0. The first-order chi connectivity index (χ1) is 28.7. The maximum atomic E-state index is 12.5. The molecule has 0 aromatic heterocycles. The minimum atomic E-state index is -2.09. The maximum Gasteiger partial charge on any atom is 0.217 e. The molecule has 0 unspecified atom stereocenters. The highest BCUT2D eigenvalue weighted by atomic mass is 16.8. The Morgan fingerprint density at radius 2 is 0.918 bits per heavy atom. The predicted octanol–water partition coefficient (Wildman–Crippen LogP) is -10.6. The third kappa shape index (κ3) is 10.9. The molecule has 5 fully saturated rings. The highest BCUT2D eigenvalue weighted by Gasteiger charge is 2.56. The Kier molecular flexibility index (Phi) is 17.5. The van der Waals surface area contributed by atoms with Crippen LogP contribution in [-0.4, -0.2) is 263 Å². The van der Waals surface area contributed by atoms with Gasteiger partial charge < -0.3 is 125 Å². The van der Waals surface area contributed by atoms with E-state index < -0.39 is 192 Å². The van der Waals surface area contributed by atoms with E-state index in [-0.39, 0.29) is 0 Å². The zero-order chi connectivity index (χ0) is 45.2. The van der Waals surface area contributed by atoms with E-state index in [1.807, 2.05) is 0 Å². The quantitative estimate of drug-likeness (QED) is 0.0770. The lowest BCUT2D eigenvalue weighted by Gasteiger charge is -2.50. The van der Waals surface area contributed by atoms with Crippen molar-refractivity contribution in [3.05, 3.63) is 0 Å². The Balaban J connectivity index is 1.37. The summed E-state index contributed by atoms with van der Waals surface area (Å²) in [5, 5.41) is 153. The van der Waals surface area contributed by atoms with Gasteiger partial charge in [-0.25, -0.2) is 0 Å². The second-order valence-electron chi connectivity index (χ2n) is 15.4. The number of hydrogen-bond donors (Lipinski definition) is 16. The highest BCUT2D eigenvalue weighted by molar-refractivity contribution is 5.73. The Morgan fingerprint density at radius 3 is 1.51 bits per heavy atom. The average Bonchev–Trinajstić information content (AvgIpc) is 3.21. The van der Waals surface area contributed by atoms with Gasteiger partial charge in [-0.2, -0.15) is 0 Å². The topological polar surface area (TPSA) is 424 Å². The van der Waals surface area contributed by atoms with E-state index in [4.69, 9.17) is 42.6 Å². The molecular formula is C34H58N2O25. The van der Waals surface area contributed by atoms with Crippen LogP contribution in [0.1, 0.15) is 20.8 Å². The largest absolute Gasteiger partial charge is 0.394 e. The van der Waals surface area contributed by atoms with Gasteiger partial charge in [0, 0.05) is 13.8 Å². The first-order valence-corrected chi connectivity index (χ1v) is 19.4. The van der Waals surface area contributed by atoms with Crippen LogP contribution in [0.2, 0.25) is 0 Å². The number of amides is 2. The van der Waals surface area contributed by atoms with Crippen molar-refractivity contribution in [2.45, 2.75) is 174 Å². The van der Waals surface area contributed by atoms with Crippen molar-refractivity contribution < 1.29 is 124 Å². The van der Waals surface area contributed by atoms with Crippen molar-refractivity contribution in [1.29, 1.82) is 0 Å². The Hall–Kier alpha value is -1.98. The van der Waals surface area contributed by atoms with Gasteiger partial charge in [-0.05, 0) is 6.92 Å². The molecule has 0 aromatic carbocycles. The van der Waals surface area contributed by atoms with Gasteiger partial charge in [-0.3, -0.25) is 9.59 Å². The molecule has 25 atom stereocenters. The number of ether oxygens (including phenoxy) is 9. The molecule has 0 saturated carbocycles. The number of aliphatic hydroxyl groups is 14. The monoisotopic (exact) mass is 894 g/mol. The maximum absolute atomic E-state index is 12.5. The van der Waals surface area contributed by atoms with Crippen molar-refractivity contribution in [2.24, 2.45) is 0 Å². The molecule has 5 heterocycles. The standard InChI is InChI=1S/C34H58N2O25/c1-8-17(42)22(47)24(49)32(54-8)53-7-14-28(20(45)15(30(52)55-14)35-9(2)40)59-31-16(36-10(3)41)21(46)27(13(6-39)58-31)60-34-26(51)29(19(44)12(5-38)57-34)61-33-25(50)23(48)18(43)11(4-37)56-33/h8,11-34,37-39,42-52H,4-7H2,1-3H3,(H,35,40)(H,36,41)/t8-,11+,12+,13+,14+,15+,16+,17+,18+,19+,20+,21+,22+,23-,24-,25-,26-,27+,28+,29-,30+,31-,32+,33+,34-/m0/s1. The van der Waals surface area contributed by atoms with Crippen molar-refractivity contribution >= 4 is 11.8 Å². The van der Waals surface area contributed by atoms with Crippen LogP contribution >= 0.6 is 0 Å². The number of aliphatic hydroxyl groups excluding tert-OH is 14. The highest BCUT2D eigenvalue weighted by Crippen LogP contribution is 2.35. The van der Waals surface area contributed by atoms with E-state index in [9.17, 15) is 81.1 Å². The van der Waals surface area contributed by atoms with Crippen LogP contribution in [-0.2, 0) is 52.2 Å². The molecule has 5 aliphatic rings. The average molecular weight is 895 g/mol. The van der Waals surface area contributed by atoms with Crippen LogP contribution in [0.3, 0.4) is 0 Å². The summed E-state index contributed by atoms with van der Waals surface area (Å²) in [6, 6.07) is -3.25. The molecule has 16 N–H and O–H groups in total. The summed E-state index contributed by atoms with van der Waals surface area (Å²) >= 11 is 0. The molecule has 5 aliphatic heterocycles.